The molecule has 0 spiro atoms. The molecular weight excluding hydrogens is 347 g/mol. The number of nitrogens with zero attached hydrogens (tertiary/aromatic N) is 3. The van der Waals surface area contributed by atoms with E-state index in [1.807, 2.05) is 23.1 Å². The lowest BCUT2D eigenvalue weighted by Gasteiger charge is -2.35. The standard InChI is InChI=1S/C17H18Cl2N4O/c18-13-4-3-5-14(17(13)19)21-12-16(24)23-10-8-22(9-11-23)15-6-1-2-7-20-15/h1-7,21H,8-12H2. The van der Waals surface area contributed by atoms with Crippen molar-refractivity contribution in [1.29, 1.82) is 0 Å². The number of benzene rings is 1. The van der Waals surface area contributed by atoms with Crippen LogP contribution < -0.4 is 10.2 Å². The van der Waals surface area contributed by atoms with E-state index in [-0.39, 0.29) is 12.5 Å². The number of piperazine rings is 1. The highest BCUT2D eigenvalue weighted by Gasteiger charge is 2.21. The van der Waals surface area contributed by atoms with Crippen LogP contribution in [0.2, 0.25) is 10.0 Å². The zero-order chi connectivity index (χ0) is 16.9. The average molecular weight is 365 g/mol. The van der Waals surface area contributed by atoms with E-state index in [0.717, 1.165) is 18.9 Å². The van der Waals surface area contributed by atoms with Crippen LogP contribution in [0, 0.1) is 0 Å². The first-order chi connectivity index (χ1) is 11.6. The average Bonchev–Trinajstić information content (AvgIpc) is 2.63. The van der Waals surface area contributed by atoms with Crippen molar-refractivity contribution in [2.45, 2.75) is 0 Å². The lowest BCUT2D eigenvalue weighted by Crippen LogP contribution is -2.50. The third-order valence-corrected chi connectivity index (χ3v) is 4.81. The number of hydrogen-bond acceptors (Lipinski definition) is 4. The van der Waals surface area contributed by atoms with Gasteiger partial charge >= 0.3 is 0 Å². The quantitative estimate of drug-likeness (QED) is 0.905. The largest absolute Gasteiger partial charge is 0.375 e. The molecule has 0 atom stereocenters. The van der Waals surface area contributed by atoms with E-state index in [9.17, 15) is 4.79 Å². The summed E-state index contributed by atoms with van der Waals surface area (Å²) >= 11 is 12.1. The predicted octanol–water partition coefficient (Wildman–Crippen LogP) is 3.15. The molecule has 0 radical (unpaired) electrons. The van der Waals surface area contributed by atoms with Crippen molar-refractivity contribution in [2.24, 2.45) is 0 Å². The number of nitrogens with one attached hydrogen (secondary N) is 1. The molecule has 0 unspecified atom stereocenters. The van der Waals surface area contributed by atoms with Crippen molar-refractivity contribution in [1.82, 2.24) is 9.88 Å². The van der Waals surface area contributed by atoms with Gasteiger partial charge in [-0.2, -0.15) is 0 Å². The van der Waals surface area contributed by atoms with E-state index in [4.69, 9.17) is 23.2 Å². The summed E-state index contributed by atoms with van der Waals surface area (Å²) in [7, 11) is 0. The van der Waals surface area contributed by atoms with Crippen molar-refractivity contribution in [3.8, 4) is 0 Å². The molecule has 1 aliphatic rings. The number of pyridine rings is 1. The van der Waals surface area contributed by atoms with Gasteiger partial charge in [-0.15, -0.1) is 0 Å². The summed E-state index contributed by atoms with van der Waals surface area (Å²) < 4.78 is 0. The van der Waals surface area contributed by atoms with Gasteiger partial charge in [-0.1, -0.05) is 35.3 Å². The maximum atomic E-state index is 12.4. The SMILES string of the molecule is O=C(CNc1cccc(Cl)c1Cl)N1CCN(c2ccccn2)CC1. The van der Waals surface area contributed by atoms with Gasteiger partial charge in [-0.3, -0.25) is 4.79 Å². The molecule has 0 bridgehead atoms. The van der Waals surface area contributed by atoms with Crippen LogP contribution >= 0.6 is 23.2 Å². The molecule has 1 N–H and O–H groups in total. The van der Waals surface area contributed by atoms with E-state index < -0.39 is 0 Å². The second-order valence-corrected chi connectivity index (χ2v) is 6.30. The van der Waals surface area contributed by atoms with Crippen LogP contribution in [0.3, 0.4) is 0 Å². The summed E-state index contributed by atoms with van der Waals surface area (Å²) in [5.41, 5.74) is 0.671. The molecule has 1 aliphatic heterocycles. The van der Waals surface area contributed by atoms with E-state index in [2.05, 4.69) is 15.2 Å². The Morgan fingerprint density at radius 2 is 1.88 bits per heavy atom. The van der Waals surface area contributed by atoms with E-state index >= 15 is 0 Å². The third kappa shape index (κ3) is 3.91. The highest BCUT2D eigenvalue weighted by Crippen LogP contribution is 2.29. The van der Waals surface area contributed by atoms with Gasteiger partial charge in [-0.05, 0) is 24.3 Å². The van der Waals surface area contributed by atoms with E-state index in [1.54, 1.807) is 24.4 Å². The van der Waals surface area contributed by atoms with Crippen molar-refractivity contribution in [3.05, 3.63) is 52.6 Å². The van der Waals surface area contributed by atoms with Gasteiger partial charge in [0.1, 0.15) is 5.82 Å². The van der Waals surface area contributed by atoms with Gasteiger partial charge in [0, 0.05) is 32.4 Å². The van der Waals surface area contributed by atoms with Crippen LogP contribution in [-0.2, 0) is 4.79 Å². The summed E-state index contributed by atoms with van der Waals surface area (Å²) in [5.74, 6) is 1.00. The monoisotopic (exact) mass is 364 g/mol. The first kappa shape index (κ1) is 16.9. The van der Waals surface area contributed by atoms with Gasteiger partial charge in [0.2, 0.25) is 5.91 Å². The lowest BCUT2D eigenvalue weighted by atomic mass is 10.3. The Bertz CT molecular complexity index is 703. The number of anilines is 2. The number of halogens is 2. The van der Waals surface area contributed by atoms with Crippen molar-refractivity contribution in [2.75, 3.05) is 42.9 Å². The van der Waals surface area contributed by atoms with Crippen LogP contribution in [0.1, 0.15) is 0 Å². The molecular formula is C17H18Cl2N4O. The maximum absolute atomic E-state index is 12.4. The van der Waals surface area contributed by atoms with Gasteiger partial charge in [-0.25, -0.2) is 4.98 Å². The Balaban J connectivity index is 1.51. The minimum absolute atomic E-state index is 0.0479. The molecule has 1 saturated heterocycles. The van der Waals surface area contributed by atoms with Crippen molar-refractivity contribution < 1.29 is 4.79 Å². The molecule has 1 fully saturated rings. The molecule has 24 heavy (non-hydrogen) atoms. The first-order valence-electron chi connectivity index (χ1n) is 7.77. The number of aromatic nitrogens is 1. The minimum Gasteiger partial charge on any atom is -0.375 e. The summed E-state index contributed by atoms with van der Waals surface area (Å²) in [6.45, 7) is 3.12. The highest BCUT2D eigenvalue weighted by atomic mass is 35.5. The van der Waals surface area contributed by atoms with Gasteiger partial charge in [0.25, 0.3) is 0 Å². The number of carbonyl (C=O) groups is 1. The highest BCUT2D eigenvalue weighted by molar-refractivity contribution is 6.43. The molecule has 0 aliphatic carbocycles. The number of hydrogen-bond donors (Lipinski definition) is 1. The summed E-state index contributed by atoms with van der Waals surface area (Å²) in [4.78, 5) is 20.8. The van der Waals surface area contributed by atoms with E-state index in [0.29, 0.717) is 28.8 Å². The van der Waals surface area contributed by atoms with Gasteiger partial charge in [0.05, 0.1) is 22.3 Å². The first-order valence-corrected chi connectivity index (χ1v) is 8.52. The van der Waals surface area contributed by atoms with Gasteiger partial charge in [0.15, 0.2) is 0 Å². The molecule has 2 heterocycles. The number of carbonyl (C=O) groups excluding carboxylic acids is 1. The summed E-state index contributed by atoms with van der Waals surface area (Å²) in [6, 6.07) is 11.2. The third-order valence-electron chi connectivity index (χ3n) is 3.99. The molecule has 3 rings (SSSR count). The molecule has 126 valence electrons. The Morgan fingerprint density at radius 3 is 2.58 bits per heavy atom. The van der Waals surface area contributed by atoms with Crippen molar-refractivity contribution in [3.63, 3.8) is 0 Å². The molecule has 1 aromatic carbocycles. The molecule has 1 amide bonds. The number of amides is 1. The zero-order valence-electron chi connectivity index (χ0n) is 13.1. The molecule has 2 aromatic rings. The fourth-order valence-electron chi connectivity index (χ4n) is 2.65. The Kier molecular flexibility index (Phi) is 5.43. The van der Waals surface area contributed by atoms with E-state index in [1.165, 1.54) is 0 Å². The van der Waals surface area contributed by atoms with Crippen LogP contribution in [-0.4, -0.2) is 48.5 Å². The van der Waals surface area contributed by atoms with Crippen LogP contribution in [0.15, 0.2) is 42.6 Å². The van der Waals surface area contributed by atoms with Crippen LogP contribution in [0.5, 0.6) is 0 Å². The molecule has 5 nitrogen and oxygen atoms in total. The van der Waals surface area contributed by atoms with Crippen molar-refractivity contribution >= 4 is 40.6 Å². The molecule has 0 saturated carbocycles. The molecule has 7 heteroatoms. The topological polar surface area (TPSA) is 48.5 Å². The zero-order valence-corrected chi connectivity index (χ0v) is 14.6. The lowest BCUT2D eigenvalue weighted by molar-refractivity contribution is -0.129. The Hall–Kier alpha value is -1.98. The Labute approximate surface area is 151 Å². The second kappa shape index (κ2) is 7.73. The molecule has 1 aromatic heterocycles. The maximum Gasteiger partial charge on any atom is 0.241 e. The Morgan fingerprint density at radius 1 is 1.08 bits per heavy atom. The minimum atomic E-state index is 0.0479. The number of rotatable bonds is 4. The normalized spacial score (nSPS) is 14.6. The van der Waals surface area contributed by atoms with Gasteiger partial charge < -0.3 is 15.1 Å². The van der Waals surface area contributed by atoms with Crippen LogP contribution in [0.25, 0.3) is 0 Å². The van der Waals surface area contributed by atoms with Crippen LogP contribution in [0.4, 0.5) is 11.5 Å². The second-order valence-electron chi connectivity index (χ2n) is 5.51. The fraction of sp³-hybridized carbons (Fsp3) is 0.294. The summed E-state index contributed by atoms with van der Waals surface area (Å²) in [6.07, 6.45) is 1.78. The summed E-state index contributed by atoms with van der Waals surface area (Å²) in [5, 5.41) is 3.97. The predicted molar refractivity (Wildman–Crippen MR) is 98.0 cm³/mol. The fourth-order valence-corrected chi connectivity index (χ4v) is 3.02. The smallest absolute Gasteiger partial charge is 0.241 e.